The van der Waals surface area contributed by atoms with Gasteiger partial charge in [-0.25, -0.2) is 18.2 Å². The molecule has 11 heteroatoms. The van der Waals surface area contributed by atoms with Crippen molar-refractivity contribution >= 4 is 38.3 Å². The number of anilines is 1. The molecule has 0 aliphatic heterocycles. The minimum atomic E-state index is -4.17. The molecule has 0 radical (unpaired) electrons. The van der Waals surface area contributed by atoms with Crippen LogP contribution in [0.2, 0.25) is 0 Å². The molecule has 9 nitrogen and oxygen atoms in total. The third-order valence-electron chi connectivity index (χ3n) is 6.71. The van der Waals surface area contributed by atoms with Crippen LogP contribution in [-0.2, 0) is 21.1 Å². The molecule has 1 fully saturated rings. The largest absolute Gasteiger partial charge is 0.494 e. The second-order valence-corrected chi connectivity index (χ2v) is 13.4. The molecule has 1 aromatic heterocycles. The number of hydrogen-bond donors (Lipinski definition) is 2. The van der Waals surface area contributed by atoms with Crippen molar-refractivity contribution in [1.82, 2.24) is 9.88 Å². The molecule has 0 atom stereocenters. The molecule has 1 aromatic carbocycles. The van der Waals surface area contributed by atoms with Gasteiger partial charge in [-0.05, 0) is 76.5 Å². The normalized spacial score (nSPS) is 18.4. The molecular formula is C25H35N3O6S2. The molecule has 36 heavy (non-hydrogen) atoms. The summed E-state index contributed by atoms with van der Waals surface area (Å²) in [7, 11) is -4.17. The fourth-order valence-corrected chi connectivity index (χ4v) is 6.91. The third kappa shape index (κ3) is 6.36. The molecule has 1 saturated carbocycles. The van der Waals surface area contributed by atoms with Gasteiger partial charge in [0, 0.05) is 12.6 Å². The van der Waals surface area contributed by atoms with E-state index in [1.165, 1.54) is 0 Å². The Morgan fingerprint density at radius 1 is 1.19 bits per heavy atom. The van der Waals surface area contributed by atoms with Crippen LogP contribution in [0.3, 0.4) is 0 Å². The number of sulfone groups is 1. The highest BCUT2D eigenvalue weighted by molar-refractivity contribution is 7.95. The standard InChI is InChI=1S/C25H35N3O6S2/c1-5-34-20-12-8-18(9-13-20)14-15-28(19-10-6-17(2)7-11-19)24(31)27-23-26-16-21(35-23)36(32,33)25(3,4)22(29)30/h8-9,12-13,16-17,19H,5-7,10-11,14-15H2,1-4H3,(H,29,30)(H,26,27,31). The molecule has 3 rings (SSSR count). The number of benzene rings is 1. The average Bonchev–Trinajstić information content (AvgIpc) is 3.30. The summed E-state index contributed by atoms with van der Waals surface area (Å²) < 4.78 is 28.9. The van der Waals surface area contributed by atoms with Gasteiger partial charge in [0.15, 0.2) is 9.88 Å². The van der Waals surface area contributed by atoms with Gasteiger partial charge in [-0.3, -0.25) is 10.1 Å². The summed E-state index contributed by atoms with van der Waals surface area (Å²) in [4.78, 5) is 30.7. The van der Waals surface area contributed by atoms with E-state index in [0.717, 1.165) is 68.4 Å². The summed E-state index contributed by atoms with van der Waals surface area (Å²) in [6.07, 6.45) is 5.66. The Bertz CT molecular complexity index is 1150. The Labute approximate surface area is 216 Å². The van der Waals surface area contributed by atoms with Gasteiger partial charge in [-0.1, -0.05) is 30.4 Å². The Morgan fingerprint density at radius 2 is 1.83 bits per heavy atom. The van der Waals surface area contributed by atoms with Crippen LogP contribution in [0.15, 0.2) is 34.7 Å². The molecule has 1 heterocycles. The van der Waals surface area contributed by atoms with Crippen LogP contribution in [0.5, 0.6) is 5.75 Å². The van der Waals surface area contributed by atoms with Gasteiger partial charge in [0.05, 0.1) is 12.8 Å². The number of carbonyl (C=O) groups excluding carboxylic acids is 1. The van der Waals surface area contributed by atoms with Gasteiger partial charge in [0.1, 0.15) is 9.96 Å². The Hall–Kier alpha value is -2.66. The lowest BCUT2D eigenvalue weighted by atomic mass is 9.86. The molecule has 2 amide bonds. The second kappa shape index (κ2) is 11.6. The quantitative estimate of drug-likeness (QED) is 0.444. The number of urea groups is 1. The van der Waals surface area contributed by atoms with Crippen LogP contribution < -0.4 is 10.1 Å². The molecule has 0 spiro atoms. The van der Waals surface area contributed by atoms with Crippen LogP contribution in [0.4, 0.5) is 9.93 Å². The predicted octanol–water partition coefficient (Wildman–Crippen LogP) is 4.83. The fraction of sp³-hybridized carbons (Fsp3) is 0.560. The van der Waals surface area contributed by atoms with Gasteiger partial charge >= 0.3 is 12.0 Å². The van der Waals surface area contributed by atoms with E-state index in [1.807, 2.05) is 36.1 Å². The highest BCUT2D eigenvalue weighted by Gasteiger charge is 2.44. The Balaban J connectivity index is 1.74. The van der Waals surface area contributed by atoms with E-state index in [4.69, 9.17) is 4.74 Å². The predicted molar refractivity (Wildman–Crippen MR) is 139 cm³/mol. The zero-order chi connectivity index (χ0) is 26.5. The summed E-state index contributed by atoms with van der Waals surface area (Å²) in [5.41, 5.74) is 1.08. The smallest absolute Gasteiger partial charge is 0.324 e. The number of carbonyl (C=O) groups is 2. The summed E-state index contributed by atoms with van der Waals surface area (Å²) >= 11 is 0.763. The van der Waals surface area contributed by atoms with E-state index in [-0.39, 0.29) is 21.4 Å². The first kappa shape index (κ1) is 27.9. The van der Waals surface area contributed by atoms with Crippen molar-refractivity contribution in [2.45, 2.75) is 74.8 Å². The lowest BCUT2D eigenvalue weighted by molar-refractivity contribution is -0.139. The molecule has 198 valence electrons. The first-order valence-electron chi connectivity index (χ1n) is 12.2. The summed E-state index contributed by atoms with van der Waals surface area (Å²) in [5.74, 6) is -0.0206. The second-order valence-electron chi connectivity index (χ2n) is 9.67. The van der Waals surface area contributed by atoms with Crippen LogP contribution in [0.25, 0.3) is 0 Å². The number of carboxylic acids is 1. The van der Waals surface area contributed by atoms with Crippen LogP contribution in [0, 0.1) is 5.92 Å². The number of amides is 2. The number of ether oxygens (including phenoxy) is 1. The minimum Gasteiger partial charge on any atom is -0.494 e. The van der Waals surface area contributed by atoms with Crippen molar-refractivity contribution in [3.63, 3.8) is 0 Å². The average molecular weight is 538 g/mol. The number of hydrogen-bond acceptors (Lipinski definition) is 7. The van der Waals surface area contributed by atoms with E-state index in [0.29, 0.717) is 25.5 Å². The molecule has 2 N–H and O–H groups in total. The highest BCUT2D eigenvalue weighted by atomic mass is 32.2. The molecule has 0 bridgehead atoms. The third-order valence-corrected chi connectivity index (χ3v) is 10.5. The molecular weight excluding hydrogens is 502 g/mol. The van der Waals surface area contributed by atoms with Gasteiger partial charge in [-0.15, -0.1) is 0 Å². The van der Waals surface area contributed by atoms with Crippen molar-refractivity contribution in [1.29, 1.82) is 0 Å². The van der Waals surface area contributed by atoms with Crippen molar-refractivity contribution in [3.05, 3.63) is 36.0 Å². The summed E-state index contributed by atoms with van der Waals surface area (Å²) in [6.45, 7) is 7.52. The maximum Gasteiger partial charge on any atom is 0.324 e. The number of nitrogens with zero attached hydrogens (tertiary/aromatic N) is 2. The zero-order valence-electron chi connectivity index (χ0n) is 21.2. The maximum absolute atomic E-state index is 13.3. The lowest BCUT2D eigenvalue weighted by Crippen LogP contribution is -2.45. The number of aromatic nitrogens is 1. The maximum atomic E-state index is 13.3. The molecule has 0 saturated heterocycles. The Kier molecular flexibility index (Phi) is 8.99. The fourth-order valence-electron chi connectivity index (χ4n) is 4.14. The van der Waals surface area contributed by atoms with E-state index in [2.05, 4.69) is 17.2 Å². The van der Waals surface area contributed by atoms with Gasteiger partial charge in [0.25, 0.3) is 0 Å². The topological polar surface area (TPSA) is 126 Å². The van der Waals surface area contributed by atoms with Crippen molar-refractivity contribution in [2.24, 2.45) is 5.92 Å². The van der Waals surface area contributed by atoms with Crippen molar-refractivity contribution in [2.75, 3.05) is 18.5 Å². The highest BCUT2D eigenvalue weighted by Crippen LogP contribution is 2.32. The number of nitrogens with one attached hydrogen (secondary N) is 1. The van der Waals surface area contributed by atoms with E-state index < -0.39 is 20.6 Å². The summed E-state index contributed by atoms with van der Waals surface area (Å²) in [6, 6.07) is 7.57. The molecule has 1 aliphatic rings. The van der Waals surface area contributed by atoms with Gasteiger partial charge < -0.3 is 14.7 Å². The number of aliphatic carboxylic acids is 1. The molecule has 1 aliphatic carbocycles. The first-order chi connectivity index (χ1) is 17.0. The van der Waals surface area contributed by atoms with E-state index in [9.17, 15) is 23.1 Å². The van der Waals surface area contributed by atoms with Crippen LogP contribution in [0.1, 0.15) is 58.9 Å². The zero-order valence-corrected chi connectivity index (χ0v) is 22.8. The summed E-state index contributed by atoms with van der Waals surface area (Å²) in [5, 5.41) is 12.2. The number of rotatable bonds is 10. The minimum absolute atomic E-state index is 0.0815. The Morgan fingerprint density at radius 3 is 2.42 bits per heavy atom. The van der Waals surface area contributed by atoms with Gasteiger partial charge in [-0.2, -0.15) is 0 Å². The van der Waals surface area contributed by atoms with Gasteiger partial charge in [0.2, 0.25) is 9.84 Å². The van der Waals surface area contributed by atoms with E-state index in [1.54, 1.807) is 0 Å². The lowest BCUT2D eigenvalue weighted by Gasteiger charge is -2.36. The number of carboxylic acid groups (broad SMARTS) is 1. The molecule has 0 unspecified atom stereocenters. The first-order valence-corrected chi connectivity index (χ1v) is 14.5. The van der Waals surface area contributed by atoms with Crippen LogP contribution in [-0.4, -0.2) is 59.3 Å². The van der Waals surface area contributed by atoms with Crippen molar-refractivity contribution in [3.8, 4) is 5.75 Å². The van der Waals surface area contributed by atoms with E-state index >= 15 is 0 Å². The SMILES string of the molecule is CCOc1ccc(CCN(C(=O)Nc2ncc(S(=O)(=O)C(C)(C)C(=O)O)s2)C2CCC(C)CC2)cc1. The molecule has 2 aromatic rings. The van der Waals surface area contributed by atoms with Crippen molar-refractivity contribution < 1.29 is 27.9 Å². The van der Waals surface area contributed by atoms with Crippen LogP contribution >= 0.6 is 11.3 Å². The monoisotopic (exact) mass is 537 g/mol. The number of thiazole rings is 1.